The molecule has 6 heterocycles. The molecule has 13 heteroatoms. The fourth-order valence-electron chi connectivity index (χ4n) is 6.55. The molecule has 0 saturated carbocycles. The second-order valence-corrected chi connectivity index (χ2v) is 13.6. The van der Waals surface area contributed by atoms with E-state index in [0.29, 0.717) is 46.8 Å². The first kappa shape index (κ1) is 39.0. The molecule has 2 aliphatic heterocycles. The highest BCUT2D eigenvalue weighted by Crippen LogP contribution is 2.35. The minimum absolute atomic E-state index is 0. The molecule has 2 aliphatic rings. The van der Waals surface area contributed by atoms with E-state index in [1.54, 1.807) is 46.4 Å². The monoisotopic (exact) mass is 699 g/mol. The lowest BCUT2D eigenvalue weighted by Gasteiger charge is -2.40. The van der Waals surface area contributed by atoms with Gasteiger partial charge in [0.25, 0.3) is 11.1 Å². The van der Waals surface area contributed by atoms with Crippen LogP contribution in [0.4, 0.5) is 11.4 Å². The number of nitrogens with zero attached hydrogens (tertiary/aromatic N) is 5. The predicted octanol–water partition coefficient (Wildman–Crippen LogP) is 4.45. The van der Waals surface area contributed by atoms with E-state index >= 15 is 0 Å². The number of anilines is 2. The van der Waals surface area contributed by atoms with Gasteiger partial charge in [-0.25, -0.2) is 0 Å². The van der Waals surface area contributed by atoms with Crippen LogP contribution in [0, 0.1) is 23.7 Å². The van der Waals surface area contributed by atoms with Crippen LogP contribution in [-0.4, -0.2) is 81.7 Å². The average molecular weight is 700 g/mol. The van der Waals surface area contributed by atoms with Crippen molar-refractivity contribution in [3.8, 4) is 18.4 Å². The van der Waals surface area contributed by atoms with Crippen LogP contribution in [0.3, 0.4) is 0 Å². The molecule has 0 radical (unpaired) electrons. The lowest BCUT2D eigenvalue weighted by atomic mass is 9.92. The molecule has 0 spiro atoms. The lowest BCUT2D eigenvalue weighted by molar-refractivity contribution is -0.0134. The number of aliphatic hydroxyl groups is 2. The van der Waals surface area contributed by atoms with Gasteiger partial charge >= 0.3 is 0 Å². The van der Waals surface area contributed by atoms with Crippen LogP contribution in [0.2, 0.25) is 0 Å². The largest absolute Gasteiger partial charge is 0.387 e. The molecular formula is C38H49N7O6. The Kier molecular flexibility index (Phi) is 11.9. The molecule has 0 unspecified atom stereocenters. The highest BCUT2D eigenvalue weighted by molar-refractivity contribution is 5.95. The van der Waals surface area contributed by atoms with E-state index in [2.05, 4.69) is 49.5 Å². The Morgan fingerprint density at radius 2 is 1.18 bits per heavy atom. The first-order chi connectivity index (χ1) is 23.8. The van der Waals surface area contributed by atoms with Gasteiger partial charge in [-0.05, 0) is 65.5 Å². The van der Waals surface area contributed by atoms with E-state index in [4.69, 9.17) is 15.9 Å². The Hall–Kier alpha value is -4.79. The van der Waals surface area contributed by atoms with Crippen molar-refractivity contribution in [1.29, 1.82) is 5.26 Å². The number of aromatic nitrogens is 4. The SMILES string of the molecule is C.C#Cc1c(N2CCC(C)(OC)CC2)c2cc([C@H](C)O)ncc2[nH]c1=O.COC1(C)CCN(c2c(C#N)c(=O)[nH]c3cnc([C@@H](C)O)cc23)CC1. The quantitative estimate of drug-likeness (QED) is 0.209. The van der Waals surface area contributed by atoms with Crippen LogP contribution >= 0.6 is 0 Å². The molecular weight excluding hydrogens is 650 g/mol. The maximum atomic E-state index is 12.4. The van der Waals surface area contributed by atoms with Gasteiger partial charge < -0.3 is 39.5 Å². The molecule has 2 atom stereocenters. The number of aromatic amines is 2. The third-order valence-electron chi connectivity index (χ3n) is 10.2. The first-order valence-corrected chi connectivity index (χ1v) is 16.7. The fourth-order valence-corrected chi connectivity index (χ4v) is 6.55. The van der Waals surface area contributed by atoms with Gasteiger partial charge in [-0.15, -0.1) is 6.42 Å². The summed E-state index contributed by atoms with van der Waals surface area (Å²) >= 11 is 0. The van der Waals surface area contributed by atoms with Crippen molar-refractivity contribution < 1.29 is 19.7 Å². The van der Waals surface area contributed by atoms with Gasteiger partial charge in [0.2, 0.25) is 0 Å². The summed E-state index contributed by atoms with van der Waals surface area (Å²) in [5.41, 5.74) is 2.93. The molecule has 4 N–H and O–H groups in total. The predicted molar refractivity (Wildman–Crippen MR) is 199 cm³/mol. The van der Waals surface area contributed by atoms with Gasteiger partial charge in [-0.3, -0.25) is 19.6 Å². The Balaban J connectivity index is 0.000000224. The van der Waals surface area contributed by atoms with Crippen LogP contribution in [0.1, 0.15) is 95.5 Å². The van der Waals surface area contributed by atoms with E-state index in [0.717, 1.165) is 55.2 Å². The summed E-state index contributed by atoms with van der Waals surface area (Å²) in [5.74, 6) is 2.54. The highest BCUT2D eigenvalue weighted by Gasteiger charge is 2.33. The average Bonchev–Trinajstić information content (AvgIpc) is 3.11. The molecule has 0 aromatic carbocycles. The third kappa shape index (κ3) is 7.92. The van der Waals surface area contributed by atoms with Crippen molar-refractivity contribution in [2.45, 2.75) is 84.2 Å². The Morgan fingerprint density at radius 1 is 0.804 bits per heavy atom. The second-order valence-electron chi connectivity index (χ2n) is 13.6. The first-order valence-electron chi connectivity index (χ1n) is 16.7. The Morgan fingerprint density at radius 3 is 1.51 bits per heavy atom. The number of nitriles is 1. The normalized spacial score (nSPS) is 17.8. The molecule has 0 amide bonds. The number of rotatable bonds is 6. The van der Waals surface area contributed by atoms with Gasteiger partial charge in [0.1, 0.15) is 17.2 Å². The van der Waals surface area contributed by atoms with Crippen molar-refractivity contribution in [3.05, 3.63) is 67.7 Å². The van der Waals surface area contributed by atoms with E-state index in [9.17, 15) is 25.1 Å². The molecule has 2 saturated heterocycles. The van der Waals surface area contributed by atoms with Crippen LogP contribution in [0.15, 0.2) is 34.1 Å². The minimum Gasteiger partial charge on any atom is -0.387 e. The van der Waals surface area contributed by atoms with Gasteiger partial charge in [0.05, 0.1) is 69.6 Å². The molecule has 272 valence electrons. The van der Waals surface area contributed by atoms with Crippen LogP contribution in [0.25, 0.3) is 21.8 Å². The van der Waals surface area contributed by atoms with Gasteiger partial charge in [-0.1, -0.05) is 13.3 Å². The van der Waals surface area contributed by atoms with Crippen molar-refractivity contribution in [1.82, 2.24) is 19.9 Å². The van der Waals surface area contributed by atoms with E-state index in [1.165, 1.54) is 6.20 Å². The zero-order valence-corrected chi connectivity index (χ0v) is 29.5. The minimum atomic E-state index is -0.729. The number of H-pyrrole nitrogens is 2. The maximum Gasteiger partial charge on any atom is 0.268 e. The van der Waals surface area contributed by atoms with Gasteiger partial charge in [0.15, 0.2) is 0 Å². The van der Waals surface area contributed by atoms with Crippen molar-refractivity contribution in [2.24, 2.45) is 0 Å². The number of hydrogen-bond donors (Lipinski definition) is 4. The van der Waals surface area contributed by atoms with E-state index in [-0.39, 0.29) is 29.8 Å². The zero-order chi connectivity index (χ0) is 36.4. The van der Waals surface area contributed by atoms with Crippen molar-refractivity contribution >= 4 is 33.2 Å². The number of pyridine rings is 4. The number of aliphatic hydroxyl groups excluding tert-OH is 2. The molecule has 4 aromatic heterocycles. The molecule has 6 rings (SSSR count). The highest BCUT2D eigenvalue weighted by atomic mass is 16.5. The fraction of sp³-hybridized carbons (Fsp3) is 0.500. The van der Waals surface area contributed by atoms with Crippen LogP contribution in [0.5, 0.6) is 0 Å². The summed E-state index contributed by atoms with van der Waals surface area (Å²) in [4.78, 5) is 42.8. The standard InChI is InChI=1S/C19H23N3O3.C18H22N4O3.CH4/c1-5-13-17(22-8-6-19(3,25-4)7-9-22)14-10-15(12(2)23)20-11-16(14)21-18(13)24;1-11(23)14-8-12-15(10-20-14)21-17(24)13(9-19)16(12)22-6-4-18(2,25-3)5-7-22;/h1,10-12,23H,6-9H2,2-4H3,(H,21,24);8,10-11,23H,4-7H2,1-3H3,(H,21,24);1H4/t12-;11-;/m01./s1. The zero-order valence-electron chi connectivity index (χ0n) is 29.5. The summed E-state index contributed by atoms with van der Waals surface area (Å²) in [6, 6.07) is 5.59. The number of ether oxygens (including phenoxy) is 2. The summed E-state index contributed by atoms with van der Waals surface area (Å²) in [6.45, 7) is 10.3. The summed E-state index contributed by atoms with van der Waals surface area (Å²) in [6.07, 6.45) is 10.6. The summed E-state index contributed by atoms with van der Waals surface area (Å²) in [7, 11) is 3.44. The molecule has 0 aliphatic carbocycles. The van der Waals surface area contributed by atoms with Crippen molar-refractivity contribution in [3.63, 3.8) is 0 Å². The van der Waals surface area contributed by atoms with Crippen LogP contribution in [-0.2, 0) is 9.47 Å². The smallest absolute Gasteiger partial charge is 0.268 e. The molecule has 4 aromatic rings. The number of methoxy groups -OCH3 is 2. The lowest BCUT2D eigenvalue weighted by Crippen LogP contribution is -2.44. The molecule has 2 fully saturated rings. The maximum absolute atomic E-state index is 12.4. The number of terminal acetylenes is 1. The van der Waals surface area contributed by atoms with Gasteiger partial charge in [-0.2, -0.15) is 5.26 Å². The Bertz CT molecular complexity index is 1930. The number of nitrogens with one attached hydrogen (secondary N) is 2. The molecule has 13 nitrogen and oxygen atoms in total. The Labute approximate surface area is 298 Å². The molecule has 0 bridgehead atoms. The number of piperidine rings is 2. The summed E-state index contributed by atoms with van der Waals surface area (Å²) < 4.78 is 11.2. The third-order valence-corrected chi connectivity index (χ3v) is 10.2. The van der Waals surface area contributed by atoms with Crippen molar-refractivity contribution in [2.75, 3.05) is 50.2 Å². The van der Waals surface area contributed by atoms with Crippen LogP contribution < -0.4 is 20.9 Å². The number of hydrogen-bond acceptors (Lipinski definition) is 11. The second kappa shape index (κ2) is 15.6. The summed E-state index contributed by atoms with van der Waals surface area (Å²) in [5, 5.41) is 30.8. The van der Waals surface area contributed by atoms with Gasteiger partial charge in [0, 0.05) is 51.2 Å². The van der Waals surface area contributed by atoms with E-state index in [1.807, 2.05) is 6.07 Å². The topological polar surface area (TPSA) is 181 Å². The van der Waals surface area contributed by atoms with E-state index < -0.39 is 17.8 Å². The molecule has 51 heavy (non-hydrogen) atoms. The number of fused-ring (bicyclic) bond motifs is 2.